The van der Waals surface area contributed by atoms with Gasteiger partial charge < -0.3 is 10.9 Å². The molecule has 0 aliphatic carbocycles. The lowest BCUT2D eigenvalue weighted by Gasteiger charge is -2.27. The zero-order valence-electron chi connectivity index (χ0n) is 12.0. The highest BCUT2D eigenvalue weighted by atomic mass is 16.4. The van der Waals surface area contributed by atoms with Crippen LogP contribution < -0.4 is 5.73 Å². The van der Waals surface area contributed by atoms with Crippen molar-refractivity contribution < 1.29 is 5.21 Å². The van der Waals surface area contributed by atoms with Crippen molar-refractivity contribution in [3.63, 3.8) is 0 Å². The molecule has 0 atom stereocenters. The molecule has 1 aromatic heterocycles. The maximum atomic E-state index is 8.77. The maximum absolute atomic E-state index is 8.77. The fourth-order valence-electron chi connectivity index (χ4n) is 1.77. The fraction of sp³-hybridized carbons (Fsp3) is 0.571. The monoisotopic (exact) mass is 264 g/mol. The van der Waals surface area contributed by atoms with Crippen LogP contribution in [-0.2, 0) is 6.54 Å². The lowest BCUT2D eigenvalue weighted by Crippen LogP contribution is -2.36. The smallest absolute Gasteiger partial charge is 0.144 e. The Morgan fingerprint density at radius 2 is 2.21 bits per heavy atom. The summed E-state index contributed by atoms with van der Waals surface area (Å²) in [5.74, 6) is 0.279. The van der Waals surface area contributed by atoms with Gasteiger partial charge in [0.05, 0.1) is 5.69 Å². The molecule has 0 spiro atoms. The molecule has 0 fully saturated rings. The molecular weight excluding hydrogens is 240 g/mol. The van der Waals surface area contributed by atoms with Crippen molar-refractivity contribution in [2.24, 2.45) is 16.3 Å². The molecule has 1 aromatic rings. The summed E-state index contributed by atoms with van der Waals surface area (Å²) in [6.07, 6.45) is 2.65. The third-order valence-electron chi connectivity index (χ3n) is 3.41. The summed E-state index contributed by atoms with van der Waals surface area (Å²) in [5, 5.41) is 11.9. The van der Waals surface area contributed by atoms with Gasteiger partial charge in [0.15, 0.2) is 0 Å². The van der Waals surface area contributed by atoms with Gasteiger partial charge in [0.2, 0.25) is 0 Å². The number of pyridine rings is 1. The normalized spacial score (nSPS) is 12.9. The highest BCUT2D eigenvalue weighted by Gasteiger charge is 2.24. The Bertz CT molecular complexity index is 403. The summed E-state index contributed by atoms with van der Waals surface area (Å²) in [4.78, 5) is 6.63. The van der Waals surface area contributed by atoms with E-state index in [1.807, 2.05) is 38.2 Å². The topological polar surface area (TPSA) is 74.7 Å². The van der Waals surface area contributed by atoms with E-state index in [9.17, 15) is 0 Å². The largest absolute Gasteiger partial charge is 0.409 e. The second-order valence-corrected chi connectivity index (χ2v) is 5.31. The van der Waals surface area contributed by atoms with E-state index in [-0.39, 0.29) is 11.3 Å². The van der Waals surface area contributed by atoms with E-state index in [0.717, 1.165) is 31.7 Å². The summed E-state index contributed by atoms with van der Waals surface area (Å²) in [6, 6.07) is 5.94. The highest BCUT2D eigenvalue weighted by Crippen LogP contribution is 2.21. The van der Waals surface area contributed by atoms with Crippen molar-refractivity contribution in [1.29, 1.82) is 0 Å². The van der Waals surface area contributed by atoms with Gasteiger partial charge >= 0.3 is 0 Å². The lowest BCUT2D eigenvalue weighted by molar-refractivity contribution is 0.241. The Morgan fingerprint density at radius 1 is 1.47 bits per heavy atom. The Balaban J connectivity index is 2.54. The van der Waals surface area contributed by atoms with Crippen LogP contribution in [0.3, 0.4) is 0 Å². The molecule has 1 heterocycles. The number of hydrogen-bond donors (Lipinski definition) is 2. The number of nitrogens with two attached hydrogens (primary N) is 1. The molecule has 0 aliphatic rings. The molecule has 3 N–H and O–H groups in total. The summed E-state index contributed by atoms with van der Waals surface area (Å²) in [7, 11) is 0. The average molecular weight is 264 g/mol. The predicted molar refractivity (Wildman–Crippen MR) is 77.0 cm³/mol. The van der Waals surface area contributed by atoms with Crippen LogP contribution in [-0.4, -0.2) is 34.0 Å². The second-order valence-electron chi connectivity index (χ2n) is 5.31. The average Bonchev–Trinajstić information content (AvgIpc) is 2.43. The molecule has 5 heteroatoms. The van der Waals surface area contributed by atoms with Crippen molar-refractivity contribution in [3.05, 3.63) is 30.1 Å². The molecule has 106 valence electrons. The van der Waals surface area contributed by atoms with Crippen LogP contribution in [0, 0.1) is 5.41 Å². The van der Waals surface area contributed by atoms with Crippen LogP contribution in [0.15, 0.2) is 29.6 Å². The standard InChI is InChI=1S/C14H24N4O/c1-4-18(11-12-7-5-6-9-16-12)10-8-14(2,3)13(15)17-19/h5-7,9,19H,4,8,10-11H2,1-3H3,(H2,15,17). The van der Waals surface area contributed by atoms with Gasteiger partial charge in [-0.15, -0.1) is 0 Å². The molecule has 0 saturated heterocycles. The van der Waals surface area contributed by atoms with Crippen molar-refractivity contribution in [3.8, 4) is 0 Å². The summed E-state index contributed by atoms with van der Waals surface area (Å²) < 4.78 is 0. The van der Waals surface area contributed by atoms with E-state index in [1.54, 1.807) is 0 Å². The van der Waals surface area contributed by atoms with Gasteiger partial charge in [-0.3, -0.25) is 9.88 Å². The first kappa shape index (κ1) is 15.4. The summed E-state index contributed by atoms with van der Waals surface area (Å²) in [6.45, 7) is 8.75. The third-order valence-corrected chi connectivity index (χ3v) is 3.41. The first-order valence-corrected chi connectivity index (χ1v) is 6.60. The van der Waals surface area contributed by atoms with Crippen LogP contribution in [0.2, 0.25) is 0 Å². The minimum absolute atomic E-state index is 0.279. The molecular formula is C14H24N4O. The number of aromatic nitrogens is 1. The minimum atomic E-state index is -0.299. The van der Waals surface area contributed by atoms with Gasteiger partial charge in [0.1, 0.15) is 5.84 Å². The Kier molecular flexibility index (Phi) is 5.76. The van der Waals surface area contributed by atoms with Crippen LogP contribution >= 0.6 is 0 Å². The van der Waals surface area contributed by atoms with E-state index < -0.39 is 0 Å². The van der Waals surface area contributed by atoms with E-state index in [0.29, 0.717) is 0 Å². The molecule has 1 rings (SSSR count). The van der Waals surface area contributed by atoms with E-state index in [4.69, 9.17) is 10.9 Å². The van der Waals surface area contributed by atoms with Crippen molar-refractivity contribution in [1.82, 2.24) is 9.88 Å². The molecule has 0 amide bonds. The lowest BCUT2D eigenvalue weighted by atomic mass is 9.88. The van der Waals surface area contributed by atoms with Gasteiger partial charge in [-0.1, -0.05) is 32.0 Å². The first-order valence-electron chi connectivity index (χ1n) is 6.60. The second kappa shape index (κ2) is 7.09. The van der Waals surface area contributed by atoms with Gasteiger partial charge in [0, 0.05) is 18.2 Å². The summed E-state index contributed by atoms with van der Waals surface area (Å²) >= 11 is 0. The van der Waals surface area contributed by atoms with Crippen LogP contribution in [0.5, 0.6) is 0 Å². The number of rotatable bonds is 7. The van der Waals surface area contributed by atoms with Crippen molar-refractivity contribution >= 4 is 5.84 Å². The Labute approximate surface area is 115 Å². The fourth-order valence-corrected chi connectivity index (χ4v) is 1.77. The van der Waals surface area contributed by atoms with Crippen LogP contribution in [0.1, 0.15) is 32.9 Å². The number of amidine groups is 1. The van der Waals surface area contributed by atoms with Crippen molar-refractivity contribution in [2.45, 2.75) is 33.7 Å². The SMILES string of the molecule is CCN(CCC(C)(C)C(N)=NO)Cc1ccccn1. The molecule has 19 heavy (non-hydrogen) atoms. The van der Waals surface area contributed by atoms with E-state index >= 15 is 0 Å². The zero-order chi connectivity index (χ0) is 14.3. The Morgan fingerprint density at radius 3 is 2.74 bits per heavy atom. The van der Waals surface area contributed by atoms with Crippen molar-refractivity contribution in [2.75, 3.05) is 13.1 Å². The summed E-state index contributed by atoms with van der Waals surface area (Å²) in [5.41, 5.74) is 6.46. The van der Waals surface area contributed by atoms with Crippen LogP contribution in [0.25, 0.3) is 0 Å². The van der Waals surface area contributed by atoms with Gasteiger partial charge in [-0.2, -0.15) is 0 Å². The molecule has 0 unspecified atom stereocenters. The zero-order valence-corrected chi connectivity index (χ0v) is 12.0. The van der Waals surface area contributed by atoms with Crippen LogP contribution in [0.4, 0.5) is 0 Å². The van der Waals surface area contributed by atoms with Gasteiger partial charge in [-0.05, 0) is 31.6 Å². The van der Waals surface area contributed by atoms with E-state index in [1.165, 1.54) is 0 Å². The predicted octanol–water partition coefficient (Wildman–Crippen LogP) is 2.07. The van der Waals surface area contributed by atoms with E-state index in [2.05, 4.69) is 22.0 Å². The third kappa shape index (κ3) is 4.87. The number of nitrogens with zero attached hydrogens (tertiary/aromatic N) is 3. The quantitative estimate of drug-likeness (QED) is 0.342. The molecule has 0 aromatic carbocycles. The maximum Gasteiger partial charge on any atom is 0.144 e. The highest BCUT2D eigenvalue weighted by molar-refractivity contribution is 5.85. The molecule has 0 bridgehead atoms. The first-order chi connectivity index (χ1) is 8.99. The molecule has 0 saturated carbocycles. The molecule has 5 nitrogen and oxygen atoms in total. The number of oxime groups is 1. The number of hydrogen-bond acceptors (Lipinski definition) is 4. The Hall–Kier alpha value is -1.62. The minimum Gasteiger partial charge on any atom is -0.409 e. The molecule has 0 radical (unpaired) electrons. The molecule has 0 aliphatic heterocycles. The van der Waals surface area contributed by atoms with Gasteiger partial charge in [-0.25, -0.2) is 0 Å². The van der Waals surface area contributed by atoms with Gasteiger partial charge in [0.25, 0.3) is 0 Å².